The number of rotatable bonds is 7. The lowest BCUT2D eigenvalue weighted by atomic mass is 10.4. The van der Waals surface area contributed by atoms with Gasteiger partial charge in [-0.05, 0) is 0 Å². The van der Waals surface area contributed by atoms with Crippen LogP contribution in [0.15, 0.2) is 12.3 Å². The van der Waals surface area contributed by atoms with E-state index in [-0.39, 0.29) is 17.8 Å². The third-order valence-corrected chi connectivity index (χ3v) is 4.11. The molecule has 0 amide bonds. The summed E-state index contributed by atoms with van der Waals surface area (Å²) in [5, 5.41) is 0. The first-order valence-corrected chi connectivity index (χ1v) is 5.92. The van der Waals surface area contributed by atoms with Gasteiger partial charge in [0.05, 0.1) is 0 Å². The van der Waals surface area contributed by atoms with Crippen molar-refractivity contribution >= 4 is 14.6 Å². The van der Waals surface area contributed by atoms with Crippen molar-refractivity contribution in [2.24, 2.45) is 0 Å². The molecule has 0 bridgehead atoms. The molecule has 0 aliphatic rings. The van der Waals surface area contributed by atoms with Crippen LogP contribution in [0.1, 0.15) is 6.92 Å². The Morgan fingerprint density at radius 3 is 1.93 bits per heavy atom. The van der Waals surface area contributed by atoms with Crippen LogP contribution in [0, 0.1) is 0 Å². The third-order valence-electron chi connectivity index (χ3n) is 1.75. The standard InChI is InChI=1S/C8H16O5Si/c1-7(9)8(2)13-6-14(10-3,11-4)12-5/h2,6H2,1,3-5H3. The highest BCUT2D eigenvalue weighted by atomic mass is 28.4. The first-order valence-electron chi connectivity index (χ1n) is 3.99. The van der Waals surface area contributed by atoms with Gasteiger partial charge in [-0.2, -0.15) is 0 Å². The molecule has 0 aromatic carbocycles. The van der Waals surface area contributed by atoms with Crippen molar-refractivity contribution in [3.8, 4) is 0 Å². The summed E-state index contributed by atoms with van der Waals surface area (Å²) in [6.07, 6.45) is 0.0783. The molecule has 0 aromatic heterocycles. The van der Waals surface area contributed by atoms with Crippen LogP contribution in [-0.2, 0) is 22.8 Å². The quantitative estimate of drug-likeness (QED) is 0.356. The molecule has 0 unspecified atom stereocenters. The second kappa shape index (κ2) is 5.92. The van der Waals surface area contributed by atoms with Gasteiger partial charge in [0.15, 0.2) is 17.8 Å². The Morgan fingerprint density at radius 1 is 1.21 bits per heavy atom. The van der Waals surface area contributed by atoms with Crippen molar-refractivity contribution in [1.82, 2.24) is 0 Å². The fourth-order valence-electron chi connectivity index (χ4n) is 0.704. The average Bonchev–Trinajstić information content (AvgIpc) is 2.20. The second-order valence-electron chi connectivity index (χ2n) is 2.56. The minimum atomic E-state index is -2.76. The molecule has 0 saturated carbocycles. The van der Waals surface area contributed by atoms with Crippen LogP contribution in [0.3, 0.4) is 0 Å². The number of ketones is 1. The highest BCUT2D eigenvalue weighted by molar-refractivity contribution is 6.60. The van der Waals surface area contributed by atoms with Gasteiger partial charge < -0.3 is 18.0 Å². The highest BCUT2D eigenvalue weighted by Gasteiger charge is 2.39. The molecule has 0 fully saturated rings. The maximum Gasteiger partial charge on any atom is 0.539 e. The molecule has 0 aliphatic carbocycles. The van der Waals surface area contributed by atoms with E-state index in [1.807, 2.05) is 0 Å². The highest BCUT2D eigenvalue weighted by Crippen LogP contribution is 2.08. The molecule has 0 saturated heterocycles. The van der Waals surface area contributed by atoms with E-state index in [9.17, 15) is 4.79 Å². The van der Waals surface area contributed by atoms with E-state index in [1.54, 1.807) is 0 Å². The van der Waals surface area contributed by atoms with Crippen molar-refractivity contribution in [1.29, 1.82) is 0 Å². The lowest BCUT2D eigenvalue weighted by Crippen LogP contribution is -2.48. The summed E-state index contributed by atoms with van der Waals surface area (Å²) in [6.45, 7) is 4.82. The topological polar surface area (TPSA) is 54.0 Å². The zero-order chi connectivity index (χ0) is 11.2. The summed E-state index contributed by atoms with van der Waals surface area (Å²) in [4.78, 5) is 10.8. The zero-order valence-corrected chi connectivity index (χ0v) is 9.96. The molecule has 0 rings (SSSR count). The number of allylic oxidation sites excluding steroid dienone is 1. The van der Waals surface area contributed by atoms with Crippen LogP contribution < -0.4 is 0 Å². The summed E-state index contributed by atoms with van der Waals surface area (Å²) in [7, 11) is 1.65. The van der Waals surface area contributed by atoms with E-state index in [0.29, 0.717) is 0 Å². The van der Waals surface area contributed by atoms with Gasteiger partial charge in [-0.1, -0.05) is 6.58 Å². The van der Waals surface area contributed by atoms with Gasteiger partial charge in [-0.3, -0.25) is 4.79 Å². The maximum atomic E-state index is 10.8. The largest absolute Gasteiger partial charge is 0.539 e. The van der Waals surface area contributed by atoms with Crippen LogP contribution in [-0.4, -0.2) is 42.1 Å². The number of carbonyl (C=O) groups excluding carboxylic acids is 1. The Balaban J connectivity index is 4.19. The molecule has 0 aromatic rings. The Hall–Kier alpha value is -0.693. The summed E-state index contributed by atoms with van der Waals surface area (Å²) in [5.41, 5.74) is 0. The molecule has 5 nitrogen and oxygen atoms in total. The van der Waals surface area contributed by atoms with Crippen molar-refractivity contribution in [2.75, 3.05) is 27.6 Å². The average molecular weight is 220 g/mol. The van der Waals surface area contributed by atoms with Crippen LogP contribution >= 0.6 is 0 Å². The molecule has 0 heterocycles. The number of hydrogen-bond acceptors (Lipinski definition) is 5. The number of hydrogen-bond donors (Lipinski definition) is 0. The van der Waals surface area contributed by atoms with E-state index >= 15 is 0 Å². The van der Waals surface area contributed by atoms with E-state index in [0.717, 1.165) is 0 Å². The van der Waals surface area contributed by atoms with E-state index < -0.39 is 8.80 Å². The Bertz CT molecular complexity index is 204. The molecule has 0 aliphatic heterocycles. The lowest BCUT2D eigenvalue weighted by molar-refractivity contribution is -0.116. The number of ether oxygens (including phenoxy) is 1. The van der Waals surface area contributed by atoms with E-state index in [2.05, 4.69) is 6.58 Å². The number of carbonyl (C=O) groups is 1. The predicted octanol–water partition coefficient (Wildman–Crippen LogP) is 0.523. The molecule has 0 radical (unpaired) electrons. The second-order valence-corrected chi connectivity index (χ2v) is 5.44. The molecule has 0 atom stereocenters. The molecular weight excluding hydrogens is 204 g/mol. The summed E-state index contributed by atoms with van der Waals surface area (Å²) < 4.78 is 20.3. The van der Waals surface area contributed by atoms with Crippen molar-refractivity contribution in [3.05, 3.63) is 12.3 Å². The maximum absolute atomic E-state index is 10.8. The van der Waals surface area contributed by atoms with Crippen molar-refractivity contribution < 1.29 is 22.8 Å². The first-order chi connectivity index (χ1) is 6.51. The van der Waals surface area contributed by atoms with Gasteiger partial charge >= 0.3 is 8.80 Å². The Morgan fingerprint density at radius 2 is 1.64 bits per heavy atom. The van der Waals surface area contributed by atoms with Gasteiger partial charge in [0, 0.05) is 28.3 Å². The smallest absolute Gasteiger partial charge is 0.486 e. The van der Waals surface area contributed by atoms with Crippen molar-refractivity contribution in [2.45, 2.75) is 6.92 Å². The van der Waals surface area contributed by atoms with Gasteiger partial charge in [-0.15, -0.1) is 0 Å². The normalized spacial score (nSPS) is 11.1. The molecule has 82 valence electrons. The van der Waals surface area contributed by atoms with Gasteiger partial charge in [0.1, 0.15) is 0 Å². The van der Waals surface area contributed by atoms with Gasteiger partial charge in [0.25, 0.3) is 0 Å². The van der Waals surface area contributed by atoms with Crippen molar-refractivity contribution in [3.63, 3.8) is 0 Å². The first kappa shape index (κ1) is 13.3. The molecule has 0 spiro atoms. The monoisotopic (exact) mass is 220 g/mol. The minimum absolute atomic E-state index is 0.0769. The Labute approximate surface area is 85.0 Å². The predicted molar refractivity (Wildman–Crippen MR) is 52.6 cm³/mol. The number of Topliss-reactive ketones (excluding diaryl/α,β-unsaturated/α-hetero) is 1. The molecule has 14 heavy (non-hydrogen) atoms. The fraction of sp³-hybridized carbons (Fsp3) is 0.625. The van der Waals surface area contributed by atoms with E-state index in [4.69, 9.17) is 18.0 Å². The molecular formula is C8H16O5Si. The fourth-order valence-corrected chi connectivity index (χ4v) is 1.91. The van der Waals surface area contributed by atoms with E-state index in [1.165, 1.54) is 28.3 Å². The molecule has 6 heteroatoms. The van der Waals surface area contributed by atoms with Gasteiger partial charge in [-0.25, -0.2) is 0 Å². The van der Waals surface area contributed by atoms with Crippen LogP contribution in [0.5, 0.6) is 0 Å². The SMILES string of the molecule is C=C(OC[Si](OC)(OC)OC)C(C)=O. The third kappa shape index (κ3) is 3.58. The lowest BCUT2D eigenvalue weighted by Gasteiger charge is -2.24. The molecule has 0 N–H and O–H groups in total. The summed E-state index contributed by atoms with van der Waals surface area (Å²) >= 11 is 0. The van der Waals surface area contributed by atoms with Crippen LogP contribution in [0.2, 0.25) is 0 Å². The zero-order valence-electron chi connectivity index (χ0n) is 8.96. The minimum Gasteiger partial charge on any atom is -0.486 e. The Kier molecular flexibility index (Phi) is 5.62. The van der Waals surface area contributed by atoms with Gasteiger partial charge in [0.2, 0.25) is 0 Å². The van der Waals surface area contributed by atoms with Crippen LogP contribution in [0.4, 0.5) is 0 Å². The summed E-state index contributed by atoms with van der Waals surface area (Å²) in [5.74, 6) is -0.149. The summed E-state index contributed by atoms with van der Waals surface area (Å²) in [6, 6.07) is 0. The van der Waals surface area contributed by atoms with Crippen LogP contribution in [0.25, 0.3) is 0 Å².